The van der Waals surface area contributed by atoms with Gasteiger partial charge in [-0.05, 0) is 20.8 Å². The van der Waals surface area contributed by atoms with Gasteiger partial charge in [0.25, 0.3) is 0 Å². The maximum absolute atomic E-state index is 11.3. The summed E-state index contributed by atoms with van der Waals surface area (Å²) in [6.45, 7) is 5.98. The van der Waals surface area contributed by atoms with E-state index in [1.165, 1.54) is 0 Å². The zero-order valence-corrected chi connectivity index (χ0v) is 7.64. The molecule has 11 heavy (non-hydrogen) atoms. The smallest absolute Gasteiger partial charge is 0.162 e. The first-order valence-electron chi connectivity index (χ1n) is 3.97. The van der Waals surface area contributed by atoms with Crippen molar-refractivity contribution in [3.8, 4) is 0 Å². The lowest BCUT2D eigenvalue weighted by Crippen LogP contribution is -2.35. The van der Waals surface area contributed by atoms with E-state index in [9.17, 15) is 4.79 Å². The summed E-state index contributed by atoms with van der Waals surface area (Å²) in [6.07, 6.45) is 0.666. The van der Waals surface area contributed by atoms with Crippen molar-refractivity contribution >= 4 is 5.78 Å². The van der Waals surface area contributed by atoms with Gasteiger partial charge in [0.05, 0.1) is 0 Å². The van der Waals surface area contributed by atoms with Gasteiger partial charge in [0.2, 0.25) is 0 Å². The van der Waals surface area contributed by atoms with Gasteiger partial charge in [-0.1, -0.05) is 0 Å². The molecule has 2 nitrogen and oxygen atoms in total. The molecule has 0 radical (unpaired) electrons. The van der Waals surface area contributed by atoms with Crippen molar-refractivity contribution < 1.29 is 4.79 Å². The average Bonchev–Trinajstić information content (AvgIpc) is 1.97. The summed E-state index contributed by atoms with van der Waals surface area (Å²) in [5, 5.41) is 0. The first-order valence-corrected chi connectivity index (χ1v) is 3.97. The normalized spacial score (nSPS) is 26.4. The van der Waals surface area contributed by atoms with Crippen LogP contribution in [0.4, 0.5) is 0 Å². The van der Waals surface area contributed by atoms with E-state index >= 15 is 0 Å². The van der Waals surface area contributed by atoms with E-state index in [0.717, 1.165) is 11.3 Å². The first kappa shape index (κ1) is 8.31. The third kappa shape index (κ3) is 1.30. The number of rotatable bonds is 0. The van der Waals surface area contributed by atoms with Crippen LogP contribution in [-0.2, 0) is 4.79 Å². The Morgan fingerprint density at radius 1 is 1.45 bits per heavy atom. The highest BCUT2D eigenvalue weighted by molar-refractivity contribution is 5.96. The largest absolute Gasteiger partial charge is 0.375 e. The Bertz CT molecular complexity index is 218. The maximum atomic E-state index is 11.3. The first-order chi connectivity index (χ1) is 5.04. The Morgan fingerprint density at radius 2 is 2.00 bits per heavy atom. The molecule has 0 saturated carbocycles. The minimum absolute atomic E-state index is 0.299. The number of hydrogen-bond acceptors (Lipinski definition) is 2. The van der Waals surface area contributed by atoms with Gasteiger partial charge >= 0.3 is 0 Å². The number of hydrogen-bond donors (Lipinski definition) is 0. The number of carbonyl (C=O) groups excluding carboxylic acids is 1. The van der Waals surface area contributed by atoms with Crippen LogP contribution in [0.3, 0.4) is 0 Å². The summed E-state index contributed by atoms with van der Waals surface area (Å²) in [5.74, 6) is 0.299. The van der Waals surface area contributed by atoms with Crippen molar-refractivity contribution in [2.24, 2.45) is 0 Å². The van der Waals surface area contributed by atoms with Crippen molar-refractivity contribution in [1.82, 2.24) is 4.90 Å². The Morgan fingerprint density at radius 3 is 2.55 bits per heavy atom. The number of carbonyl (C=O) groups is 1. The summed E-state index contributed by atoms with van der Waals surface area (Å²) in [4.78, 5) is 13.4. The molecule has 0 spiro atoms. The molecule has 0 amide bonds. The highest BCUT2D eigenvalue weighted by Gasteiger charge is 2.23. The van der Waals surface area contributed by atoms with Crippen molar-refractivity contribution in [3.05, 3.63) is 11.3 Å². The minimum Gasteiger partial charge on any atom is -0.375 e. The van der Waals surface area contributed by atoms with Crippen LogP contribution in [-0.4, -0.2) is 23.8 Å². The number of nitrogens with zero attached hydrogens (tertiary/aromatic N) is 1. The molecule has 0 bridgehead atoms. The molecule has 1 atom stereocenters. The van der Waals surface area contributed by atoms with E-state index in [2.05, 4.69) is 11.8 Å². The van der Waals surface area contributed by atoms with Gasteiger partial charge in [0.15, 0.2) is 5.78 Å². The molecular weight excluding hydrogens is 138 g/mol. The Kier molecular flexibility index (Phi) is 2.03. The molecule has 1 aliphatic rings. The highest BCUT2D eigenvalue weighted by Crippen LogP contribution is 2.21. The fraction of sp³-hybridized carbons (Fsp3) is 0.667. The summed E-state index contributed by atoms with van der Waals surface area (Å²) >= 11 is 0. The van der Waals surface area contributed by atoms with Gasteiger partial charge in [-0.25, -0.2) is 0 Å². The van der Waals surface area contributed by atoms with Crippen LogP contribution >= 0.6 is 0 Å². The van der Waals surface area contributed by atoms with Crippen LogP contribution in [0.25, 0.3) is 0 Å². The molecule has 1 aliphatic heterocycles. The van der Waals surface area contributed by atoms with E-state index in [-0.39, 0.29) is 0 Å². The fourth-order valence-corrected chi connectivity index (χ4v) is 1.36. The van der Waals surface area contributed by atoms with Crippen LogP contribution in [0.5, 0.6) is 0 Å². The Hall–Kier alpha value is -0.790. The lowest BCUT2D eigenvalue weighted by molar-refractivity contribution is -0.117. The van der Waals surface area contributed by atoms with E-state index in [1.54, 1.807) is 0 Å². The summed E-state index contributed by atoms with van der Waals surface area (Å²) in [5.41, 5.74) is 2.04. The second-order valence-electron chi connectivity index (χ2n) is 3.30. The standard InChI is InChI=1S/C9H15NO/c1-6-5-9(11)7(2)8(3)10(6)4/h6H,5H2,1-4H3. The molecule has 0 aromatic rings. The summed E-state index contributed by atoms with van der Waals surface area (Å²) < 4.78 is 0. The van der Waals surface area contributed by atoms with E-state index in [4.69, 9.17) is 0 Å². The molecule has 1 unspecified atom stereocenters. The van der Waals surface area contributed by atoms with Gasteiger partial charge in [-0.2, -0.15) is 0 Å². The van der Waals surface area contributed by atoms with Gasteiger partial charge in [-0.3, -0.25) is 4.79 Å². The van der Waals surface area contributed by atoms with E-state index in [1.807, 2.05) is 20.9 Å². The van der Waals surface area contributed by atoms with Crippen molar-refractivity contribution in [3.63, 3.8) is 0 Å². The van der Waals surface area contributed by atoms with Gasteiger partial charge in [-0.15, -0.1) is 0 Å². The number of ketones is 1. The zero-order chi connectivity index (χ0) is 8.59. The monoisotopic (exact) mass is 153 g/mol. The maximum Gasteiger partial charge on any atom is 0.162 e. The zero-order valence-electron chi connectivity index (χ0n) is 7.64. The van der Waals surface area contributed by atoms with Crippen LogP contribution in [0.2, 0.25) is 0 Å². The minimum atomic E-state index is 0.299. The molecule has 2 heteroatoms. The number of Topliss-reactive ketones (excluding diaryl/α,β-unsaturated/α-hetero) is 1. The highest BCUT2D eigenvalue weighted by atomic mass is 16.1. The molecule has 62 valence electrons. The Labute approximate surface area is 67.9 Å². The average molecular weight is 153 g/mol. The summed E-state index contributed by atoms with van der Waals surface area (Å²) in [6, 6.07) is 0.367. The van der Waals surface area contributed by atoms with Crippen LogP contribution in [0.1, 0.15) is 27.2 Å². The molecular formula is C9H15NO. The summed E-state index contributed by atoms with van der Waals surface area (Å²) in [7, 11) is 2.04. The van der Waals surface area contributed by atoms with Gasteiger partial charge in [0.1, 0.15) is 0 Å². The predicted octanol–water partition coefficient (Wildman–Crippen LogP) is 1.57. The van der Waals surface area contributed by atoms with Crippen LogP contribution < -0.4 is 0 Å². The van der Waals surface area contributed by atoms with Crippen LogP contribution in [0.15, 0.2) is 11.3 Å². The quantitative estimate of drug-likeness (QED) is 0.526. The molecule has 0 aromatic carbocycles. The van der Waals surface area contributed by atoms with Crippen molar-refractivity contribution in [1.29, 1.82) is 0 Å². The molecule has 0 fully saturated rings. The molecule has 0 N–H and O–H groups in total. The van der Waals surface area contributed by atoms with Crippen molar-refractivity contribution in [2.45, 2.75) is 33.2 Å². The fourth-order valence-electron chi connectivity index (χ4n) is 1.36. The third-order valence-electron chi connectivity index (χ3n) is 2.63. The van der Waals surface area contributed by atoms with Gasteiger partial charge in [0, 0.05) is 30.8 Å². The van der Waals surface area contributed by atoms with Gasteiger partial charge < -0.3 is 4.90 Å². The van der Waals surface area contributed by atoms with E-state index in [0.29, 0.717) is 18.2 Å². The number of allylic oxidation sites excluding steroid dienone is 2. The topological polar surface area (TPSA) is 20.3 Å². The molecule has 1 heterocycles. The van der Waals surface area contributed by atoms with Crippen molar-refractivity contribution in [2.75, 3.05) is 7.05 Å². The molecule has 1 rings (SSSR count). The lowest BCUT2D eigenvalue weighted by Gasteiger charge is -2.32. The predicted molar refractivity (Wildman–Crippen MR) is 45.2 cm³/mol. The van der Waals surface area contributed by atoms with E-state index < -0.39 is 0 Å². The molecule has 0 aromatic heterocycles. The van der Waals surface area contributed by atoms with Crippen LogP contribution in [0, 0.1) is 0 Å². The molecule has 0 aliphatic carbocycles. The Balaban J connectivity index is 2.98. The third-order valence-corrected chi connectivity index (χ3v) is 2.63. The second kappa shape index (κ2) is 2.68. The lowest BCUT2D eigenvalue weighted by atomic mass is 9.98. The SMILES string of the molecule is CC1=C(C)N(C)C(C)CC1=O. The second-order valence-corrected chi connectivity index (χ2v) is 3.30. The molecule has 0 saturated heterocycles.